The Morgan fingerprint density at radius 3 is 2.42 bits per heavy atom. The molecule has 3 aliphatic rings. The van der Waals surface area contributed by atoms with Crippen molar-refractivity contribution in [2.75, 3.05) is 39.4 Å². The number of piperidine rings is 1. The van der Waals surface area contributed by atoms with Gasteiger partial charge in [-0.1, -0.05) is 0 Å². The van der Waals surface area contributed by atoms with Gasteiger partial charge in [-0.25, -0.2) is 4.79 Å². The number of carbonyl (C=O) groups excluding carboxylic acids is 2. The van der Waals surface area contributed by atoms with Gasteiger partial charge in [0.2, 0.25) is 5.91 Å². The third-order valence-corrected chi connectivity index (χ3v) is 5.17. The number of nitrogens with one attached hydrogen (secondary N) is 1. The summed E-state index contributed by atoms with van der Waals surface area (Å²) in [6, 6.07) is 0.105. The Hall–Kier alpha value is -1.34. The number of nitrogens with zero attached hydrogens (tertiary/aromatic N) is 2. The largest absolute Gasteiger partial charge is 0.378 e. The third-order valence-electron chi connectivity index (χ3n) is 5.17. The number of morpholine rings is 1. The molecular weight excluding hydrogens is 310 g/mol. The zero-order valence-corrected chi connectivity index (χ0v) is 15.0. The molecule has 0 aliphatic carbocycles. The molecular formula is C17H29N3O4. The lowest BCUT2D eigenvalue weighted by Crippen LogP contribution is -2.63. The maximum Gasteiger partial charge on any atom is 0.317 e. The fourth-order valence-corrected chi connectivity index (χ4v) is 4.06. The number of ether oxygens (including phenoxy) is 2. The van der Waals surface area contributed by atoms with E-state index in [1.165, 1.54) is 0 Å². The van der Waals surface area contributed by atoms with E-state index in [1.54, 1.807) is 6.92 Å². The van der Waals surface area contributed by atoms with Gasteiger partial charge in [0.1, 0.15) is 5.60 Å². The number of carbonyl (C=O) groups is 2. The van der Waals surface area contributed by atoms with E-state index < -0.39 is 0 Å². The number of likely N-dealkylation sites (tertiary alicyclic amines) is 1. The lowest BCUT2D eigenvalue weighted by atomic mass is 9.95. The van der Waals surface area contributed by atoms with Gasteiger partial charge in [-0.3, -0.25) is 4.79 Å². The summed E-state index contributed by atoms with van der Waals surface area (Å²) < 4.78 is 11.8. The molecule has 7 heteroatoms. The molecule has 1 N–H and O–H groups in total. The van der Waals surface area contributed by atoms with Gasteiger partial charge in [-0.05, 0) is 26.7 Å². The van der Waals surface area contributed by atoms with E-state index in [1.807, 2.05) is 23.6 Å². The number of rotatable bonds is 1. The summed E-state index contributed by atoms with van der Waals surface area (Å²) in [5, 5.41) is 3.14. The van der Waals surface area contributed by atoms with Crippen molar-refractivity contribution in [1.82, 2.24) is 15.1 Å². The standard InChI is InChI=1S/C17H29N3O4/c1-13(21)19-7-4-14(5-8-19)18-15(22)20-10-16(2,3)24-17(11-20)6-9-23-12-17/h14H,4-12H2,1-3H3,(H,18,22). The molecule has 1 spiro atoms. The first kappa shape index (κ1) is 17.5. The maximum atomic E-state index is 12.7. The minimum absolute atomic E-state index is 0.0288. The Labute approximate surface area is 143 Å². The Morgan fingerprint density at radius 1 is 1.12 bits per heavy atom. The van der Waals surface area contributed by atoms with Gasteiger partial charge in [0.25, 0.3) is 0 Å². The van der Waals surface area contributed by atoms with Crippen LogP contribution >= 0.6 is 0 Å². The van der Waals surface area contributed by atoms with E-state index in [2.05, 4.69) is 5.32 Å². The Balaban J connectivity index is 1.57. The predicted molar refractivity (Wildman–Crippen MR) is 88.7 cm³/mol. The van der Waals surface area contributed by atoms with Gasteiger partial charge in [0, 0.05) is 39.1 Å². The van der Waals surface area contributed by atoms with Crippen LogP contribution in [-0.2, 0) is 14.3 Å². The second kappa shape index (κ2) is 6.52. The van der Waals surface area contributed by atoms with Crippen LogP contribution in [0.25, 0.3) is 0 Å². The second-order valence-electron chi connectivity index (χ2n) is 7.93. The topological polar surface area (TPSA) is 71.1 Å². The highest BCUT2D eigenvalue weighted by atomic mass is 16.6. The Morgan fingerprint density at radius 2 is 1.83 bits per heavy atom. The Kier molecular flexibility index (Phi) is 4.75. The van der Waals surface area contributed by atoms with Crippen molar-refractivity contribution >= 4 is 11.9 Å². The minimum atomic E-state index is -0.374. The first-order chi connectivity index (χ1) is 11.3. The molecule has 0 aromatic carbocycles. The summed E-state index contributed by atoms with van der Waals surface area (Å²) in [6.07, 6.45) is 2.46. The highest BCUT2D eigenvalue weighted by Crippen LogP contribution is 2.34. The van der Waals surface area contributed by atoms with Crippen molar-refractivity contribution in [1.29, 1.82) is 0 Å². The molecule has 0 bridgehead atoms. The van der Waals surface area contributed by atoms with Gasteiger partial charge >= 0.3 is 6.03 Å². The van der Waals surface area contributed by atoms with E-state index in [9.17, 15) is 9.59 Å². The normalized spacial score (nSPS) is 30.6. The second-order valence-corrected chi connectivity index (χ2v) is 7.93. The molecule has 136 valence electrons. The summed E-state index contributed by atoms with van der Waals surface area (Å²) >= 11 is 0. The molecule has 3 amide bonds. The highest BCUT2D eigenvalue weighted by molar-refractivity contribution is 5.75. The molecule has 3 aliphatic heterocycles. The minimum Gasteiger partial charge on any atom is -0.378 e. The average molecular weight is 339 g/mol. The first-order valence-electron chi connectivity index (χ1n) is 8.88. The lowest BCUT2D eigenvalue weighted by molar-refractivity contribution is -0.185. The van der Waals surface area contributed by atoms with Gasteiger partial charge in [-0.2, -0.15) is 0 Å². The molecule has 0 aromatic rings. The van der Waals surface area contributed by atoms with E-state index in [0.717, 1.165) is 19.3 Å². The summed E-state index contributed by atoms with van der Waals surface area (Å²) in [5.74, 6) is 0.109. The molecule has 3 saturated heterocycles. The number of urea groups is 1. The predicted octanol–water partition coefficient (Wildman–Crippen LogP) is 0.977. The summed E-state index contributed by atoms with van der Waals surface area (Å²) in [5.41, 5.74) is -0.738. The smallest absolute Gasteiger partial charge is 0.317 e. The zero-order chi connectivity index (χ0) is 17.4. The van der Waals surface area contributed by atoms with Crippen LogP contribution in [-0.4, -0.2) is 78.4 Å². The fourth-order valence-electron chi connectivity index (χ4n) is 4.06. The molecule has 0 radical (unpaired) electrons. The van der Waals surface area contributed by atoms with Crippen molar-refractivity contribution in [3.63, 3.8) is 0 Å². The van der Waals surface area contributed by atoms with Crippen molar-refractivity contribution < 1.29 is 19.1 Å². The van der Waals surface area contributed by atoms with Crippen molar-refractivity contribution in [3.05, 3.63) is 0 Å². The fraction of sp³-hybridized carbons (Fsp3) is 0.882. The van der Waals surface area contributed by atoms with Gasteiger partial charge < -0.3 is 24.6 Å². The summed E-state index contributed by atoms with van der Waals surface area (Å²) in [7, 11) is 0. The van der Waals surface area contributed by atoms with Crippen LogP contribution in [0.2, 0.25) is 0 Å². The van der Waals surface area contributed by atoms with Crippen LogP contribution < -0.4 is 5.32 Å². The molecule has 7 nitrogen and oxygen atoms in total. The molecule has 3 rings (SSSR count). The average Bonchev–Trinajstić information content (AvgIpc) is 2.93. The van der Waals surface area contributed by atoms with E-state index >= 15 is 0 Å². The van der Waals surface area contributed by atoms with E-state index in [4.69, 9.17) is 9.47 Å². The molecule has 1 unspecified atom stereocenters. The van der Waals surface area contributed by atoms with Crippen LogP contribution in [0.5, 0.6) is 0 Å². The SMILES string of the molecule is CC(=O)N1CCC(NC(=O)N2CC(C)(C)OC3(CCOC3)C2)CC1. The molecule has 0 saturated carbocycles. The number of hydrogen-bond donors (Lipinski definition) is 1. The van der Waals surface area contributed by atoms with Crippen LogP contribution in [0.15, 0.2) is 0 Å². The zero-order valence-electron chi connectivity index (χ0n) is 15.0. The van der Waals surface area contributed by atoms with Crippen molar-refractivity contribution in [2.24, 2.45) is 0 Å². The first-order valence-corrected chi connectivity index (χ1v) is 8.88. The lowest BCUT2D eigenvalue weighted by Gasteiger charge is -2.48. The Bertz CT molecular complexity index is 494. The number of amides is 3. The van der Waals surface area contributed by atoms with E-state index in [0.29, 0.717) is 39.4 Å². The highest BCUT2D eigenvalue weighted by Gasteiger charge is 2.48. The van der Waals surface area contributed by atoms with Gasteiger partial charge in [-0.15, -0.1) is 0 Å². The molecule has 1 atom stereocenters. The van der Waals surface area contributed by atoms with Crippen LogP contribution in [0.1, 0.15) is 40.0 Å². The van der Waals surface area contributed by atoms with Gasteiger partial charge in [0.05, 0.1) is 25.3 Å². The van der Waals surface area contributed by atoms with Gasteiger partial charge in [0.15, 0.2) is 0 Å². The monoisotopic (exact) mass is 339 g/mol. The molecule has 3 fully saturated rings. The van der Waals surface area contributed by atoms with Crippen LogP contribution in [0.4, 0.5) is 4.79 Å². The molecule has 3 heterocycles. The van der Waals surface area contributed by atoms with E-state index in [-0.39, 0.29) is 29.2 Å². The quantitative estimate of drug-likeness (QED) is 0.773. The number of hydrogen-bond acceptors (Lipinski definition) is 4. The van der Waals surface area contributed by atoms with Crippen LogP contribution in [0.3, 0.4) is 0 Å². The van der Waals surface area contributed by atoms with Crippen LogP contribution in [0, 0.1) is 0 Å². The third kappa shape index (κ3) is 3.83. The molecule has 0 aromatic heterocycles. The maximum absolute atomic E-state index is 12.7. The summed E-state index contributed by atoms with van der Waals surface area (Å²) in [6.45, 7) is 9.47. The molecule has 24 heavy (non-hydrogen) atoms. The van der Waals surface area contributed by atoms with Crippen molar-refractivity contribution in [2.45, 2.75) is 57.3 Å². The summed E-state index contributed by atoms with van der Waals surface area (Å²) in [4.78, 5) is 27.9. The van der Waals surface area contributed by atoms with Crippen molar-refractivity contribution in [3.8, 4) is 0 Å².